The summed E-state index contributed by atoms with van der Waals surface area (Å²) in [7, 11) is 3.09. The van der Waals surface area contributed by atoms with Crippen LogP contribution < -0.4 is 9.47 Å². The first kappa shape index (κ1) is 21.0. The molecule has 29 heavy (non-hydrogen) atoms. The summed E-state index contributed by atoms with van der Waals surface area (Å²) in [4.78, 5) is 32.1. The number of thioether (sulfide) groups is 1. The molecule has 2 aliphatic rings. The number of aliphatic imine (C=N–C) groups is 1. The maximum absolute atomic E-state index is 13.1. The lowest BCUT2D eigenvalue weighted by atomic mass is 9.94. The van der Waals surface area contributed by atoms with Crippen LogP contribution in [0, 0.1) is 0 Å². The molecule has 2 aliphatic heterocycles. The van der Waals surface area contributed by atoms with Crippen LogP contribution in [0.4, 0.5) is 0 Å². The quantitative estimate of drug-likeness (QED) is 0.500. The smallest absolute Gasteiger partial charge is 0.338 e. The summed E-state index contributed by atoms with van der Waals surface area (Å²) in [5, 5.41) is 0.368. The molecule has 154 valence electrons. The summed E-state index contributed by atoms with van der Waals surface area (Å²) in [6.45, 7) is 7.37. The number of allylic oxidation sites excluding steroid dienone is 1. The van der Waals surface area contributed by atoms with Gasteiger partial charge in [0, 0.05) is 0 Å². The summed E-state index contributed by atoms with van der Waals surface area (Å²) in [5.74, 6) is 0.475. The number of fused-ring (bicyclic) bond motifs is 1. The Morgan fingerprint density at radius 1 is 1.31 bits per heavy atom. The SMILES string of the molecule is C=CCOC(=O)C1=C(C)N=C2S[C@@H](CC)C(=O)N2[C@@H]1c1ccc(OC)c(OC)c1. The van der Waals surface area contributed by atoms with Crippen LogP contribution in [0.2, 0.25) is 0 Å². The molecule has 0 aromatic heterocycles. The minimum Gasteiger partial charge on any atom is -0.493 e. The zero-order valence-corrected chi connectivity index (χ0v) is 17.7. The number of methoxy groups -OCH3 is 2. The van der Waals surface area contributed by atoms with Gasteiger partial charge in [-0.05, 0) is 31.0 Å². The van der Waals surface area contributed by atoms with Gasteiger partial charge < -0.3 is 14.2 Å². The van der Waals surface area contributed by atoms with Gasteiger partial charge in [0.05, 0.1) is 36.8 Å². The number of benzene rings is 1. The zero-order valence-electron chi connectivity index (χ0n) is 16.9. The van der Waals surface area contributed by atoms with Crippen molar-refractivity contribution in [1.82, 2.24) is 4.90 Å². The molecule has 0 N–H and O–H groups in total. The number of carbonyl (C=O) groups is 2. The molecule has 1 amide bonds. The van der Waals surface area contributed by atoms with Crippen molar-refractivity contribution in [3.8, 4) is 11.5 Å². The van der Waals surface area contributed by atoms with E-state index in [1.54, 1.807) is 38.2 Å². The summed E-state index contributed by atoms with van der Waals surface area (Å²) in [6, 6.07) is 4.70. The largest absolute Gasteiger partial charge is 0.493 e. The lowest BCUT2D eigenvalue weighted by Gasteiger charge is -2.33. The minimum atomic E-state index is -0.656. The third-order valence-corrected chi connectivity index (χ3v) is 6.12. The third-order valence-electron chi connectivity index (χ3n) is 4.80. The van der Waals surface area contributed by atoms with E-state index in [1.807, 2.05) is 13.0 Å². The Morgan fingerprint density at radius 2 is 2.03 bits per heavy atom. The Labute approximate surface area is 174 Å². The van der Waals surface area contributed by atoms with Crippen LogP contribution in [0.5, 0.6) is 11.5 Å². The molecule has 7 nitrogen and oxygen atoms in total. The number of carbonyl (C=O) groups excluding carboxylic acids is 2. The Balaban J connectivity index is 2.14. The van der Waals surface area contributed by atoms with Crippen LogP contribution in [0.25, 0.3) is 0 Å². The molecule has 0 saturated carbocycles. The second kappa shape index (κ2) is 8.73. The van der Waals surface area contributed by atoms with E-state index in [1.165, 1.54) is 17.8 Å². The molecule has 1 fully saturated rings. The zero-order chi connectivity index (χ0) is 21.1. The fourth-order valence-corrected chi connectivity index (χ4v) is 4.53. The van der Waals surface area contributed by atoms with Crippen LogP contribution >= 0.6 is 11.8 Å². The highest BCUT2D eigenvalue weighted by atomic mass is 32.2. The van der Waals surface area contributed by atoms with E-state index in [4.69, 9.17) is 14.2 Å². The molecule has 0 aliphatic carbocycles. The molecular formula is C21H24N2O5S. The van der Waals surface area contributed by atoms with Gasteiger partial charge in [0.2, 0.25) is 5.91 Å². The number of hydrogen-bond donors (Lipinski definition) is 0. The number of ether oxygens (including phenoxy) is 3. The predicted molar refractivity (Wildman–Crippen MR) is 112 cm³/mol. The number of rotatable bonds is 7. The maximum atomic E-state index is 13.1. The highest BCUT2D eigenvalue weighted by Gasteiger charge is 2.47. The second-order valence-corrected chi connectivity index (χ2v) is 7.69. The van der Waals surface area contributed by atoms with E-state index in [0.29, 0.717) is 39.9 Å². The fourth-order valence-electron chi connectivity index (χ4n) is 3.40. The standard InChI is InChI=1S/C21H24N2O5S/c1-6-10-28-20(25)17-12(3)22-21-23(19(24)16(7-2)29-21)18(17)13-8-9-14(26-4)15(11-13)27-5/h6,8-9,11,16,18H,1,7,10H2,2-5H3/t16-,18+/m0/s1. The first-order valence-corrected chi connectivity index (χ1v) is 10.1. The van der Waals surface area contributed by atoms with Crippen LogP contribution in [-0.4, -0.2) is 48.0 Å². The molecule has 2 atom stereocenters. The minimum absolute atomic E-state index is 0.0717. The molecule has 1 aromatic carbocycles. The average molecular weight is 416 g/mol. The summed E-state index contributed by atoms with van der Waals surface area (Å²) >= 11 is 1.42. The molecule has 1 aromatic rings. The Kier molecular flexibility index (Phi) is 6.32. The Hall–Kier alpha value is -2.74. The van der Waals surface area contributed by atoms with Gasteiger partial charge in [-0.25, -0.2) is 9.79 Å². The van der Waals surface area contributed by atoms with Gasteiger partial charge in [-0.1, -0.05) is 37.4 Å². The molecular weight excluding hydrogens is 392 g/mol. The number of esters is 1. The van der Waals surface area contributed by atoms with Crippen molar-refractivity contribution in [2.24, 2.45) is 4.99 Å². The number of nitrogens with zero attached hydrogens (tertiary/aromatic N) is 2. The van der Waals surface area contributed by atoms with Crippen molar-refractivity contribution in [2.45, 2.75) is 31.6 Å². The van der Waals surface area contributed by atoms with E-state index in [0.717, 1.165) is 0 Å². The van der Waals surface area contributed by atoms with E-state index in [-0.39, 0.29) is 17.8 Å². The van der Waals surface area contributed by atoms with Gasteiger partial charge in [-0.15, -0.1) is 0 Å². The molecule has 0 unspecified atom stereocenters. The van der Waals surface area contributed by atoms with Crippen molar-refractivity contribution in [2.75, 3.05) is 20.8 Å². The Morgan fingerprint density at radius 3 is 2.66 bits per heavy atom. The summed E-state index contributed by atoms with van der Waals surface area (Å²) in [6.07, 6.45) is 2.17. The topological polar surface area (TPSA) is 77.4 Å². The first-order valence-electron chi connectivity index (χ1n) is 9.25. The number of amides is 1. The molecule has 1 saturated heterocycles. The van der Waals surface area contributed by atoms with Crippen LogP contribution in [0.3, 0.4) is 0 Å². The number of hydrogen-bond acceptors (Lipinski definition) is 7. The summed E-state index contributed by atoms with van der Waals surface area (Å²) in [5.41, 5.74) is 1.57. The molecule has 8 heteroatoms. The van der Waals surface area contributed by atoms with E-state index >= 15 is 0 Å². The van der Waals surface area contributed by atoms with E-state index in [2.05, 4.69) is 11.6 Å². The van der Waals surface area contributed by atoms with E-state index < -0.39 is 12.0 Å². The van der Waals surface area contributed by atoms with Crippen LogP contribution in [0.1, 0.15) is 31.9 Å². The van der Waals surface area contributed by atoms with Gasteiger partial charge in [-0.3, -0.25) is 9.69 Å². The molecule has 0 spiro atoms. The van der Waals surface area contributed by atoms with Gasteiger partial charge in [-0.2, -0.15) is 0 Å². The fraction of sp³-hybridized carbons (Fsp3) is 0.381. The second-order valence-electron chi connectivity index (χ2n) is 6.52. The number of amidine groups is 1. The lowest BCUT2D eigenvalue weighted by Crippen LogP contribution is -2.40. The van der Waals surface area contributed by atoms with Crippen molar-refractivity contribution >= 4 is 28.8 Å². The molecule has 3 rings (SSSR count). The molecule has 0 radical (unpaired) electrons. The highest BCUT2D eigenvalue weighted by molar-refractivity contribution is 8.15. The van der Waals surface area contributed by atoms with Gasteiger partial charge >= 0.3 is 5.97 Å². The van der Waals surface area contributed by atoms with Gasteiger partial charge in [0.1, 0.15) is 6.61 Å². The normalized spacial score (nSPS) is 20.9. The van der Waals surface area contributed by atoms with E-state index in [9.17, 15) is 9.59 Å². The first-order chi connectivity index (χ1) is 14.0. The van der Waals surface area contributed by atoms with Gasteiger partial charge in [0.15, 0.2) is 16.7 Å². The van der Waals surface area contributed by atoms with Crippen molar-refractivity contribution < 1.29 is 23.8 Å². The Bertz CT molecular complexity index is 908. The third kappa shape index (κ3) is 3.76. The van der Waals surface area contributed by atoms with Crippen LogP contribution in [-0.2, 0) is 14.3 Å². The maximum Gasteiger partial charge on any atom is 0.338 e. The van der Waals surface area contributed by atoms with Crippen molar-refractivity contribution in [3.63, 3.8) is 0 Å². The predicted octanol–water partition coefficient (Wildman–Crippen LogP) is 3.47. The van der Waals surface area contributed by atoms with Crippen molar-refractivity contribution in [1.29, 1.82) is 0 Å². The lowest BCUT2D eigenvalue weighted by molar-refractivity contribution is -0.139. The monoisotopic (exact) mass is 416 g/mol. The molecule has 0 bridgehead atoms. The summed E-state index contributed by atoms with van der Waals surface area (Å²) < 4.78 is 16.1. The molecule has 2 heterocycles. The highest BCUT2D eigenvalue weighted by Crippen LogP contribution is 2.45. The van der Waals surface area contributed by atoms with Gasteiger partial charge in [0.25, 0.3) is 0 Å². The van der Waals surface area contributed by atoms with Crippen LogP contribution in [0.15, 0.2) is 47.1 Å². The average Bonchev–Trinajstić information content (AvgIpc) is 3.05. The van der Waals surface area contributed by atoms with Crippen molar-refractivity contribution in [3.05, 3.63) is 47.7 Å².